The molecular formula is C47H17BClF20NO2. The van der Waals surface area contributed by atoms with Gasteiger partial charge in [-0.3, -0.25) is 4.79 Å². The molecule has 0 saturated heterocycles. The highest BCUT2D eigenvalue weighted by Crippen LogP contribution is 2.31. The third kappa shape index (κ3) is 8.49. The number of hydrogen-bond donors (Lipinski definition) is 0. The average Bonchev–Trinajstić information content (AvgIpc) is 3.37. The van der Waals surface area contributed by atoms with Gasteiger partial charge in [0.2, 0.25) is 17.8 Å². The van der Waals surface area contributed by atoms with Gasteiger partial charge in [0.15, 0.2) is 69.8 Å². The van der Waals surface area contributed by atoms with Gasteiger partial charge in [-0.2, -0.15) is 4.57 Å². The summed E-state index contributed by atoms with van der Waals surface area (Å²) in [6.45, 7) is 0.182. The molecule has 1 heterocycles. The summed E-state index contributed by atoms with van der Waals surface area (Å²) in [5.74, 6) is -70.2. The van der Waals surface area contributed by atoms with Crippen LogP contribution in [0, 0.1) is 116 Å². The number of nitrogens with zero attached hydrogens (tertiary/aromatic N) is 1. The number of para-hydroxylation sites is 1. The molecule has 8 rings (SSSR count). The average molecular weight is 1050 g/mol. The summed E-state index contributed by atoms with van der Waals surface area (Å²) in [5, 5.41) is 1.64. The number of benzene rings is 7. The monoisotopic (exact) mass is 1050 g/mol. The highest BCUT2D eigenvalue weighted by atomic mass is 35.5. The third-order valence-corrected chi connectivity index (χ3v) is 11.3. The Labute approximate surface area is 393 Å². The lowest BCUT2D eigenvalue weighted by molar-refractivity contribution is -0.661. The summed E-state index contributed by atoms with van der Waals surface area (Å²) >= 11 is 6.07. The maximum Gasteiger partial charge on any atom is 0.374 e. The number of Topliss-reactive ketones (excluding diaryl/α,β-unsaturated/α-hetero) is 1. The molecule has 0 amide bonds. The molecule has 0 aliphatic heterocycles. The Bertz CT molecular complexity index is 3150. The molecule has 0 N–H and O–H groups in total. The Morgan fingerprint density at radius 1 is 0.403 bits per heavy atom. The molecular weight excluding hydrogens is 1040 g/mol. The zero-order valence-corrected chi connectivity index (χ0v) is 35.4. The molecule has 0 aliphatic rings. The molecule has 0 saturated carbocycles. The first kappa shape index (κ1) is 52.2. The maximum atomic E-state index is 15.4. The molecule has 1 aromatic heterocycles. The molecule has 7 aromatic carbocycles. The molecule has 0 spiro atoms. The number of ether oxygens (including phenoxy) is 1. The number of pyridine rings is 1. The Balaban J connectivity index is 0.000000238. The van der Waals surface area contributed by atoms with Gasteiger partial charge in [0.1, 0.15) is 58.4 Å². The number of carbonyl (C=O) groups excluding carboxylic acids is 1. The fraction of sp³-hybridized carbons (Fsp3) is 0.0213. The molecule has 0 fully saturated rings. The summed E-state index contributed by atoms with van der Waals surface area (Å²) in [5.41, 5.74) is -12.7. The highest BCUT2D eigenvalue weighted by molar-refractivity contribution is 7.20. The van der Waals surface area contributed by atoms with Gasteiger partial charge in [0, 0.05) is 22.0 Å². The number of rotatable bonds is 9. The van der Waals surface area contributed by atoms with Crippen molar-refractivity contribution in [2.24, 2.45) is 0 Å². The highest BCUT2D eigenvalue weighted by Gasteiger charge is 2.52. The molecule has 8 aromatic rings. The molecule has 0 unspecified atom stereocenters. The minimum Gasteiger partial charge on any atom is -0.405 e. The second kappa shape index (κ2) is 19.9. The van der Waals surface area contributed by atoms with Gasteiger partial charge in [-0.05, 0) is 30.3 Å². The van der Waals surface area contributed by atoms with Gasteiger partial charge < -0.3 is 4.74 Å². The van der Waals surface area contributed by atoms with E-state index in [2.05, 4.69) is 0 Å². The van der Waals surface area contributed by atoms with E-state index in [0.29, 0.717) is 22.2 Å². The van der Waals surface area contributed by atoms with Crippen LogP contribution in [0.2, 0.25) is 5.02 Å². The van der Waals surface area contributed by atoms with Crippen LogP contribution < -0.4 is 31.2 Å². The van der Waals surface area contributed by atoms with Gasteiger partial charge in [0.25, 0.3) is 0 Å². The van der Waals surface area contributed by atoms with Crippen LogP contribution in [0.25, 0.3) is 10.9 Å². The van der Waals surface area contributed by atoms with E-state index < -0.39 is 144 Å². The molecule has 0 radical (unpaired) electrons. The Morgan fingerprint density at radius 3 is 1.12 bits per heavy atom. The standard InChI is InChI=1S/C24BF20.C23H17ClNO2/c26-5-1(6(27)14(35)21(42)13(5)34)25(2-7(28)15(36)22(43)16(37)8(2)29,3-9(30)17(38)23(44)18(39)10(3)31)4-11(32)19(40)24(45)20(41)12(4)33;24-19-10-6-11-20(15-19)27-23-14-13-17-7-4-5-12-21(17)25(23)16-22(26)18-8-2-1-3-9-18/h;1-15H,16H2/q-1;+1. The van der Waals surface area contributed by atoms with Crippen LogP contribution in [0.4, 0.5) is 87.8 Å². The third-order valence-electron chi connectivity index (χ3n) is 11.0. The van der Waals surface area contributed by atoms with Crippen molar-refractivity contribution in [1.29, 1.82) is 0 Å². The Hall–Kier alpha value is -7.63. The van der Waals surface area contributed by atoms with E-state index in [0.717, 1.165) is 10.9 Å². The summed E-state index contributed by atoms with van der Waals surface area (Å²) in [7, 11) is 0. The smallest absolute Gasteiger partial charge is 0.374 e. The van der Waals surface area contributed by atoms with Crippen molar-refractivity contribution >= 4 is 56.3 Å². The SMILES string of the molecule is Fc1c(F)c(F)c([B-](c2c(F)c(F)c(F)c(F)c2F)(c2c(F)c(F)c(F)c(F)c2F)c2c(F)c(F)c(F)c(F)c2F)c(F)c1F.O=C(C[n+]1c(Oc2cccc(Cl)c2)ccc2ccccc21)c1ccccc1. The first-order chi connectivity index (χ1) is 33.9. The van der Waals surface area contributed by atoms with Crippen LogP contribution in [0.1, 0.15) is 10.4 Å². The molecule has 0 aliphatic carbocycles. The maximum absolute atomic E-state index is 15.4. The molecule has 372 valence electrons. The van der Waals surface area contributed by atoms with Crippen molar-refractivity contribution in [1.82, 2.24) is 0 Å². The van der Waals surface area contributed by atoms with E-state index in [4.69, 9.17) is 16.3 Å². The summed E-state index contributed by atoms with van der Waals surface area (Å²) in [6, 6.07) is 28.3. The Kier molecular flexibility index (Phi) is 14.4. The zero-order chi connectivity index (χ0) is 53.0. The molecule has 0 atom stereocenters. The summed E-state index contributed by atoms with van der Waals surface area (Å²) in [6.07, 6.45) is -7.22. The fourth-order valence-corrected chi connectivity index (χ4v) is 8.06. The fourth-order valence-electron chi connectivity index (χ4n) is 7.88. The number of ketones is 1. The second-order valence-electron chi connectivity index (χ2n) is 15.0. The van der Waals surface area contributed by atoms with Crippen molar-refractivity contribution in [2.75, 3.05) is 0 Å². The number of fused-ring (bicyclic) bond motifs is 1. The molecule has 3 nitrogen and oxygen atoms in total. The quantitative estimate of drug-likeness (QED) is 0.0360. The van der Waals surface area contributed by atoms with Gasteiger partial charge in [-0.1, -0.05) is 60.1 Å². The first-order valence-electron chi connectivity index (χ1n) is 19.6. The topological polar surface area (TPSA) is 30.2 Å². The number of halogens is 21. The van der Waals surface area contributed by atoms with Crippen LogP contribution in [0.3, 0.4) is 0 Å². The minimum atomic E-state index is -7.22. The molecule has 72 heavy (non-hydrogen) atoms. The minimum absolute atomic E-state index is 0.0212. The van der Waals surface area contributed by atoms with Crippen LogP contribution in [0.5, 0.6) is 11.6 Å². The second-order valence-corrected chi connectivity index (χ2v) is 15.4. The lowest BCUT2D eigenvalue weighted by Crippen LogP contribution is -2.81. The van der Waals surface area contributed by atoms with E-state index in [9.17, 15) is 57.5 Å². The van der Waals surface area contributed by atoms with Crippen LogP contribution in [0.15, 0.2) is 91.0 Å². The summed E-state index contributed by atoms with van der Waals surface area (Å²) in [4.78, 5) is 12.8. The number of hydrogen-bond acceptors (Lipinski definition) is 2. The van der Waals surface area contributed by atoms with Gasteiger partial charge in [-0.25, -0.2) is 87.8 Å². The predicted octanol–water partition coefficient (Wildman–Crippen LogP) is 11.3. The van der Waals surface area contributed by atoms with Crippen molar-refractivity contribution in [3.63, 3.8) is 0 Å². The van der Waals surface area contributed by atoms with Gasteiger partial charge in [-0.15, -0.1) is 21.9 Å². The van der Waals surface area contributed by atoms with E-state index in [-0.39, 0.29) is 12.3 Å². The van der Waals surface area contributed by atoms with Crippen LogP contribution >= 0.6 is 11.6 Å². The first-order valence-corrected chi connectivity index (χ1v) is 20.0. The lowest BCUT2D eigenvalue weighted by atomic mass is 9.12. The van der Waals surface area contributed by atoms with E-state index in [1.807, 2.05) is 83.4 Å². The van der Waals surface area contributed by atoms with Crippen LogP contribution in [-0.2, 0) is 6.54 Å². The zero-order valence-electron chi connectivity index (χ0n) is 34.6. The van der Waals surface area contributed by atoms with Crippen molar-refractivity contribution in [3.8, 4) is 11.6 Å². The van der Waals surface area contributed by atoms with E-state index in [1.54, 1.807) is 12.1 Å². The van der Waals surface area contributed by atoms with Gasteiger partial charge >= 0.3 is 5.88 Å². The van der Waals surface area contributed by atoms with Gasteiger partial charge in [0.05, 0.1) is 6.07 Å². The lowest BCUT2D eigenvalue weighted by Gasteiger charge is -2.44. The Morgan fingerprint density at radius 2 is 0.750 bits per heavy atom. The van der Waals surface area contributed by atoms with E-state index in [1.165, 1.54) is 0 Å². The van der Waals surface area contributed by atoms with Crippen molar-refractivity contribution in [2.45, 2.75) is 6.54 Å². The number of aromatic nitrogens is 1. The van der Waals surface area contributed by atoms with Crippen molar-refractivity contribution in [3.05, 3.63) is 218 Å². The predicted molar refractivity (Wildman–Crippen MR) is 216 cm³/mol. The largest absolute Gasteiger partial charge is 0.405 e. The van der Waals surface area contributed by atoms with E-state index >= 15 is 35.1 Å². The molecule has 0 bridgehead atoms. The summed E-state index contributed by atoms with van der Waals surface area (Å²) < 4.78 is 302. The van der Waals surface area contributed by atoms with Crippen LogP contribution in [-0.4, -0.2) is 11.9 Å². The normalized spacial score (nSPS) is 11.5. The molecule has 25 heteroatoms. The van der Waals surface area contributed by atoms with Crippen molar-refractivity contribution < 1.29 is 102 Å². The number of carbonyl (C=O) groups is 1.